The molecule has 2 heteroatoms. The minimum absolute atomic E-state index is 1.02. The Morgan fingerprint density at radius 2 is 1.54 bits per heavy atom. The van der Waals surface area contributed by atoms with Crippen molar-refractivity contribution in [1.29, 1.82) is 0 Å². The lowest BCUT2D eigenvalue weighted by Crippen LogP contribution is -2.38. The first-order chi connectivity index (χ1) is 13.5. The molecule has 28 heavy (non-hydrogen) atoms. The number of benzene rings is 3. The van der Waals surface area contributed by atoms with Gasteiger partial charge in [-0.05, 0) is 46.9 Å². The van der Waals surface area contributed by atoms with E-state index in [0.29, 0.717) is 0 Å². The van der Waals surface area contributed by atoms with E-state index in [0.717, 1.165) is 18.5 Å². The molecule has 1 nitrogen and oxygen atoms in total. The van der Waals surface area contributed by atoms with Crippen LogP contribution in [0.3, 0.4) is 0 Å². The van der Waals surface area contributed by atoms with Crippen LogP contribution in [0.5, 0.6) is 0 Å². The summed E-state index contributed by atoms with van der Waals surface area (Å²) in [6.45, 7) is 7.28. The number of fused-ring (bicyclic) bond motifs is 4. The third kappa shape index (κ3) is 2.89. The fraction of sp³-hybridized carbons (Fsp3) is 0.192. The van der Waals surface area contributed by atoms with E-state index < -0.39 is 8.07 Å². The fourth-order valence-corrected chi connectivity index (χ4v) is 6.06. The average Bonchev–Trinajstić information content (AvgIpc) is 2.71. The normalized spacial score (nSPS) is 13.2. The van der Waals surface area contributed by atoms with Crippen LogP contribution in [0.1, 0.15) is 11.3 Å². The molecular formula is C26H25NSi. The van der Waals surface area contributed by atoms with Gasteiger partial charge in [0.15, 0.2) is 0 Å². The Morgan fingerprint density at radius 1 is 0.750 bits per heavy atom. The smallest absolute Gasteiger partial charge is 0.0784 e. The molecule has 0 bridgehead atoms. The minimum Gasteiger partial charge on any atom is -0.252 e. The van der Waals surface area contributed by atoms with Crippen molar-refractivity contribution < 1.29 is 0 Å². The first-order valence-electron chi connectivity index (χ1n) is 10.1. The number of aryl methyl sites for hydroxylation is 2. The van der Waals surface area contributed by atoms with Crippen molar-refractivity contribution in [1.82, 2.24) is 4.98 Å². The Kier molecular flexibility index (Phi) is 3.99. The van der Waals surface area contributed by atoms with Crippen molar-refractivity contribution in [3.63, 3.8) is 0 Å². The highest BCUT2D eigenvalue weighted by Gasteiger charge is 2.22. The van der Waals surface area contributed by atoms with Gasteiger partial charge in [0.25, 0.3) is 0 Å². The molecule has 138 valence electrons. The Balaban J connectivity index is 1.68. The fourth-order valence-electron chi connectivity index (χ4n) is 4.43. The summed E-state index contributed by atoms with van der Waals surface area (Å²) >= 11 is 0. The van der Waals surface area contributed by atoms with Crippen LogP contribution in [0.15, 0.2) is 72.8 Å². The van der Waals surface area contributed by atoms with E-state index in [4.69, 9.17) is 4.98 Å². The summed E-state index contributed by atoms with van der Waals surface area (Å²) < 4.78 is 0. The zero-order valence-electron chi connectivity index (χ0n) is 16.8. The molecule has 0 aliphatic heterocycles. The van der Waals surface area contributed by atoms with Gasteiger partial charge >= 0.3 is 0 Å². The van der Waals surface area contributed by atoms with Crippen molar-refractivity contribution in [3.8, 4) is 22.4 Å². The zero-order valence-corrected chi connectivity index (χ0v) is 17.8. The molecule has 0 unspecified atom stereocenters. The van der Waals surface area contributed by atoms with Gasteiger partial charge in [-0.3, -0.25) is 4.98 Å². The summed E-state index contributed by atoms with van der Waals surface area (Å²) in [6, 6.07) is 26.7. The second-order valence-corrected chi connectivity index (χ2v) is 13.9. The SMILES string of the molecule is C[Si](C)(C)c1cc(-c2ccc3c(n2)CCc2ccccc2-3)cc2ccccc12. The van der Waals surface area contributed by atoms with Crippen molar-refractivity contribution in [2.24, 2.45) is 0 Å². The maximum atomic E-state index is 5.13. The highest BCUT2D eigenvalue weighted by atomic mass is 28.3. The molecular weight excluding hydrogens is 354 g/mol. The second-order valence-electron chi connectivity index (χ2n) is 8.84. The van der Waals surface area contributed by atoms with Gasteiger partial charge in [-0.2, -0.15) is 0 Å². The molecule has 1 heterocycles. The minimum atomic E-state index is -1.47. The van der Waals surface area contributed by atoms with E-state index in [1.165, 1.54) is 43.9 Å². The van der Waals surface area contributed by atoms with Crippen LogP contribution in [0.2, 0.25) is 19.6 Å². The van der Waals surface area contributed by atoms with E-state index >= 15 is 0 Å². The van der Waals surface area contributed by atoms with E-state index in [2.05, 4.69) is 92.4 Å². The van der Waals surface area contributed by atoms with Crippen LogP contribution < -0.4 is 5.19 Å². The summed E-state index contributed by atoms with van der Waals surface area (Å²) in [5.41, 5.74) is 7.68. The lowest BCUT2D eigenvalue weighted by molar-refractivity contribution is 0.898. The Bertz CT molecular complexity index is 1200. The summed E-state index contributed by atoms with van der Waals surface area (Å²) in [7, 11) is -1.47. The van der Waals surface area contributed by atoms with Crippen LogP contribution in [0.25, 0.3) is 33.2 Å². The number of nitrogens with zero attached hydrogens (tertiary/aromatic N) is 1. The van der Waals surface area contributed by atoms with Gasteiger partial charge in [0.2, 0.25) is 0 Å². The van der Waals surface area contributed by atoms with Crippen LogP contribution in [0.4, 0.5) is 0 Å². The molecule has 3 aromatic carbocycles. The molecule has 0 fully saturated rings. The van der Waals surface area contributed by atoms with Crippen molar-refractivity contribution >= 4 is 24.0 Å². The predicted molar refractivity (Wildman–Crippen MR) is 123 cm³/mol. The molecule has 5 rings (SSSR count). The molecule has 1 aliphatic carbocycles. The molecule has 0 amide bonds. The maximum absolute atomic E-state index is 5.13. The Morgan fingerprint density at radius 3 is 2.39 bits per heavy atom. The molecule has 0 atom stereocenters. The van der Waals surface area contributed by atoms with Crippen LogP contribution in [-0.2, 0) is 12.8 Å². The molecule has 0 saturated carbocycles. The molecule has 0 N–H and O–H groups in total. The molecule has 1 aromatic heterocycles. The van der Waals surface area contributed by atoms with Gasteiger partial charge in [0.1, 0.15) is 0 Å². The van der Waals surface area contributed by atoms with Crippen LogP contribution >= 0.6 is 0 Å². The van der Waals surface area contributed by atoms with Gasteiger partial charge < -0.3 is 0 Å². The van der Waals surface area contributed by atoms with Gasteiger partial charge in [-0.25, -0.2) is 0 Å². The summed E-state index contributed by atoms with van der Waals surface area (Å²) in [4.78, 5) is 5.13. The van der Waals surface area contributed by atoms with Crippen LogP contribution in [-0.4, -0.2) is 13.1 Å². The van der Waals surface area contributed by atoms with E-state index in [9.17, 15) is 0 Å². The van der Waals surface area contributed by atoms with E-state index in [1.54, 1.807) is 0 Å². The average molecular weight is 380 g/mol. The van der Waals surface area contributed by atoms with Crippen molar-refractivity contribution in [2.45, 2.75) is 32.5 Å². The third-order valence-corrected chi connectivity index (χ3v) is 7.91. The van der Waals surface area contributed by atoms with Gasteiger partial charge in [0.05, 0.1) is 13.8 Å². The highest BCUT2D eigenvalue weighted by Crippen LogP contribution is 2.34. The number of pyridine rings is 1. The van der Waals surface area contributed by atoms with Gasteiger partial charge in [0, 0.05) is 16.8 Å². The summed E-state index contributed by atoms with van der Waals surface area (Å²) in [5, 5.41) is 4.24. The summed E-state index contributed by atoms with van der Waals surface area (Å²) in [5.74, 6) is 0. The molecule has 0 saturated heterocycles. The topological polar surface area (TPSA) is 12.9 Å². The Labute approximate surface area is 168 Å². The lowest BCUT2D eigenvalue weighted by Gasteiger charge is -2.22. The van der Waals surface area contributed by atoms with E-state index in [-0.39, 0.29) is 0 Å². The Hall–Kier alpha value is -2.71. The third-order valence-electron chi connectivity index (χ3n) is 5.88. The quantitative estimate of drug-likeness (QED) is 0.377. The lowest BCUT2D eigenvalue weighted by atomic mass is 9.88. The van der Waals surface area contributed by atoms with Gasteiger partial charge in [-0.15, -0.1) is 0 Å². The molecule has 0 spiro atoms. The number of aromatic nitrogens is 1. The number of hydrogen-bond acceptors (Lipinski definition) is 1. The largest absolute Gasteiger partial charge is 0.252 e. The number of hydrogen-bond donors (Lipinski definition) is 0. The maximum Gasteiger partial charge on any atom is 0.0784 e. The van der Waals surface area contributed by atoms with Gasteiger partial charge in [-0.1, -0.05) is 85.5 Å². The monoisotopic (exact) mass is 379 g/mol. The predicted octanol–water partition coefficient (Wildman–Crippen LogP) is 6.21. The van der Waals surface area contributed by atoms with Crippen LogP contribution in [0, 0.1) is 0 Å². The van der Waals surface area contributed by atoms with Crippen molar-refractivity contribution in [2.75, 3.05) is 0 Å². The first kappa shape index (κ1) is 17.4. The molecule has 0 radical (unpaired) electrons. The zero-order chi connectivity index (χ0) is 19.3. The number of rotatable bonds is 2. The molecule has 4 aromatic rings. The molecule has 1 aliphatic rings. The van der Waals surface area contributed by atoms with E-state index in [1.807, 2.05) is 0 Å². The standard InChI is InChI=1S/C26H25NSi/c1-28(2,3)26-17-20(16-19-9-5-7-11-22(19)26)24-15-13-23-21-10-6-4-8-18(21)12-14-25(23)27-24/h4-11,13,15-17H,12,14H2,1-3H3. The second kappa shape index (κ2) is 6.42. The highest BCUT2D eigenvalue weighted by molar-refractivity contribution is 6.90. The summed E-state index contributed by atoms with van der Waals surface area (Å²) in [6.07, 6.45) is 2.10. The van der Waals surface area contributed by atoms with Crippen molar-refractivity contribution in [3.05, 3.63) is 84.1 Å². The first-order valence-corrected chi connectivity index (χ1v) is 13.6.